The minimum Gasteiger partial charge on any atom is -0.494 e. The Balaban J connectivity index is 1.55. The zero-order valence-electron chi connectivity index (χ0n) is 18.1. The summed E-state index contributed by atoms with van der Waals surface area (Å²) in [6, 6.07) is 14.9. The minimum absolute atomic E-state index is 0.181. The lowest BCUT2D eigenvalue weighted by Crippen LogP contribution is -2.25. The van der Waals surface area contributed by atoms with Crippen molar-refractivity contribution in [1.29, 1.82) is 0 Å². The zero-order chi connectivity index (χ0) is 22.5. The fourth-order valence-corrected chi connectivity index (χ4v) is 3.83. The van der Waals surface area contributed by atoms with Gasteiger partial charge in [-0.1, -0.05) is 18.3 Å². The van der Waals surface area contributed by atoms with E-state index in [0.717, 1.165) is 35.5 Å². The summed E-state index contributed by atoms with van der Waals surface area (Å²) in [5, 5.41) is 3.74. The number of carbonyl (C=O) groups is 1. The van der Waals surface area contributed by atoms with E-state index < -0.39 is 0 Å². The van der Waals surface area contributed by atoms with Gasteiger partial charge in [0.25, 0.3) is 5.91 Å². The maximum absolute atomic E-state index is 12.9. The number of hydrogen-bond acceptors (Lipinski definition) is 5. The van der Waals surface area contributed by atoms with E-state index in [4.69, 9.17) is 21.4 Å². The fraction of sp³-hybridized carbons (Fsp3) is 0.240. The normalized spacial score (nSPS) is 10.9. The number of carbonyl (C=O) groups excluding carboxylic acids is 1. The van der Waals surface area contributed by atoms with Crippen LogP contribution < -0.4 is 10.1 Å². The number of nitrogens with one attached hydrogen (secondary N) is 1. The van der Waals surface area contributed by atoms with Crippen LogP contribution in [-0.2, 0) is 6.54 Å². The Morgan fingerprint density at radius 1 is 1.22 bits per heavy atom. The molecule has 1 amide bonds. The molecule has 0 radical (unpaired) electrons. The number of nitrogens with zero attached hydrogens (tertiary/aromatic N) is 2. The van der Waals surface area contributed by atoms with Gasteiger partial charge in [-0.15, -0.1) is 0 Å². The first kappa shape index (κ1) is 21.8. The number of fused-ring (bicyclic) bond motifs is 1. The number of aromatic nitrogens is 2. The molecule has 7 heteroatoms. The van der Waals surface area contributed by atoms with Crippen molar-refractivity contribution in [2.45, 2.75) is 26.8 Å². The van der Waals surface area contributed by atoms with Gasteiger partial charge in [0.15, 0.2) is 0 Å². The SMILES string of the molecule is CCOc1ccc(-c2cc(=S)c3cccc(C(=O)NCCCn4ccnc4C)c3o2)cc1. The monoisotopic (exact) mass is 447 g/mol. The smallest absolute Gasteiger partial charge is 0.255 e. The molecule has 0 bridgehead atoms. The third kappa shape index (κ3) is 4.73. The van der Waals surface area contributed by atoms with E-state index in [-0.39, 0.29) is 5.91 Å². The quantitative estimate of drug-likeness (QED) is 0.283. The number of rotatable bonds is 8. The van der Waals surface area contributed by atoms with Crippen molar-refractivity contribution in [3.8, 4) is 17.1 Å². The average molecular weight is 448 g/mol. The van der Waals surface area contributed by atoms with Crippen LogP contribution in [0.15, 0.2) is 65.3 Å². The van der Waals surface area contributed by atoms with Crippen molar-refractivity contribution in [2.75, 3.05) is 13.2 Å². The van der Waals surface area contributed by atoms with E-state index in [1.165, 1.54) is 0 Å². The van der Waals surface area contributed by atoms with Gasteiger partial charge in [-0.05, 0) is 56.7 Å². The molecule has 0 spiro atoms. The molecule has 4 rings (SSSR count). The molecule has 0 aliphatic carbocycles. The molecule has 32 heavy (non-hydrogen) atoms. The van der Waals surface area contributed by atoms with Crippen LogP contribution >= 0.6 is 12.2 Å². The molecular formula is C25H25N3O3S. The van der Waals surface area contributed by atoms with Crippen LogP contribution in [0.2, 0.25) is 0 Å². The summed E-state index contributed by atoms with van der Waals surface area (Å²) in [5.74, 6) is 2.19. The molecule has 2 aromatic heterocycles. The van der Waals surface area contributed by atoms with E-state index in [1.54, 1.807) is 12.3 Å². The molecule has 0 saturated carbocycles. The molecule has 4 aromatic rings. The fourth-order valence-electron chi connectivity index (χ4n) is 3.57. The van der Waals surface area contributed by atoms with E-state index >= 15 is 0 Å². The molecule has 2 heterocycles. The van der Waals surface area contributed by atoms with Crippen molar-refractivity contribution < 1.29 is 13.9 Å². The average Bonchev–Trinajstić information content (AvgIpc) is 3.21. The number of amides is 1. The van der Waals surface area contributed by atoms with Gasteiger partial charge in [0.1, 0.15) is 22.9 Å². The predicted octanol–water partition coefficient (Wildman–Crippen LogP) is 5.55. The summed E-state index contributed by atoms with van der Waals surface area (Å²) in [6.45, 7) is 5.86. The largest absolute Gasteiger partial charge is 0.494 e. The van der Waals surface area contributed by atoms with Crippen LogP contribution in [0.5, 0.6) is 5.75 Å². The lowest BCUT2D eigenvalue weighted by molar-refractivity contribution is 0.0953. The first-order valence-corrected chi connectivity index (χ1v) is 11.0. The topological polar surface area (TPSA) is 69.3 Å². The van der Waals surface area contributed by atoms with Crippen LogP contribution in [-0.4, -0.2) is 28.6 Å². The standard InChI is InChI=1S/C25H25N3O3S/c1-3-30-19-10-8-18(9-11-19)22-16-23(32)20-6-4-7-21(24(20)31-22)25(29)27-12-5-14-28-15-13-26-17(28)2/h4,6-11,13,15-16H,3,5,12,14H2,1-2H3,(H,27,29). The molecular weight excluding hydrogens is 422 g/mol. The molecule has 6 nitrogen and oxygen atoms in total. The van der Waals surface area contributed by atoms with Gasteiger partial charge >= 0.3 is 0 Å². The zero-order valence-corrected chi connectivity index (χ0v) is 18.9. The van der Waals surface area contributed by atoms with Gasteiger partial charge in [0.05, 0.1) is 16.7 Å². The lowest BCUT2D eigenvalue weighted by atomic mass is 10.1. The first-order chi connectivity index (χ1) is 15.6. The van der Waals surface area contributed by atoms with E-state index in [0.29, 0.717) is 34.6 Å². The van der Waals surface area contributed by atoms with E-state index in [2.05, 4.69) is 14.9 Å². The van der Waals surface area contributed by atoms with Crippen molar-refractivity contribution >= 4 is 29.1 Å². The minimum atomic E-state index is -0.181. The summed E-state index contributed by atoms with van der Waals surface area (Å²) in [7, 11) is 0. The molecule has 0 aliphatic heterocycles. The van der Waals surface area contributed by atoms with Gasteiger partial charge in [0, 0.05) is 42.5 Å². The van der Waals surface area contributed by atoms with Crippen molar-refractivity contribution in [3.63, 3.8) is 0 Å². The summed E-state index contributed by atoms with van der Waals surface area (Å²) >= 11 is 5.59. The second-order valence-electron chi connectivity index (χ2n) is 7.39. The highest BCUT2D eigenvalue weighted by atomic mass is 32.1. The van der Waals surface area contributed by atoms with Crippen molar-refractivity contribution in [3.05, 3.63) is 76.8 Å². The molecule has 2 aromatic carbocycles. The maximum Gasteiger partial charge on any atom is 0.255 e. The molecule has 164 valence electrons. The van der Waals surface area contributed by atoms with Gasteiger partial charge in [-0.2, -0.15) is 0 Å². The number of benzene rings is 2. The Bertz CT molecular complexity index is 1290. The Kier molecular flexibility index (Phi) is 6.66. The first-order valence-electron chi connectivity index (χ1n) is 10.6. The molecule has 0 aliphatic rings. The van der Waals surface area contributed by atoms with Gasteiger partial charge in [-0.3, -0.25) is 4.79 Å². The van der Waals surface area contributed by atoms with Gasteiger partial charge < -0.3 is 19.0 Å². The van der Waals surface area contributed by atoms with Gasteiger partial charge in [-0.25, -0.2) is 4.98 Å². The lowest BCUT2D eigenvalue weighted by Gasteiger charge is -2.10. The van der Waals surface area contributed by atoms with Crippen LogP contribution in [0.3, 0.4) is 0 Å². The number of para-hydroxylation sites is 1. The number of aryl methyl sites for hydroxylation is 2. The molecule has 0 fully saturated rings. The number of imidazole rings is 1. The summed E-state index contributed by atoms with van der Waals surface area (Å²) in [4.78, 5) is 17.1. The summed E-state index contributed by atoms with van der Waals surface area (Å²) < 4.78 is 14.4. The third-order valence-corrected chi connectivity index (χ3v) is 5.57. The highest BCUT2D eigenvalue weighted by Gasteiger charge is 2.14. The predicted molar refractivity (Wildman–Crippen MR) is 128 cm³/mol. The van der Waals surface area contributed by atoms with Crippen molar-refractivity contribution in [1.82, 2.24) is 14.9 Å². The molecule has 0 unspecified atom stereocenters. The van der Waals surface area contributed by atoms with Crippen LogP contribution in [0.1, 0.15) is 29.5 Å². The Morgan fingerprint density at radius 3 is 2.75 bits per heavy atom. The van der Waals surface area contributed by atoms with Gasteiger partial charge in [0.2, 0.25) is 0 Å². The number of ether oxygens (including phenoxy) is 1. The second kappa shape index (κ2) is 9.78. The molecule has 0 atom stereocenters. The van der Waals surface area contributed by atoms with Crippen LogP contribution in [0.4, 0.5) is 0 Å². The highest BCUT2D eigenvalue weighted by Crippen LogP contribution is 2.29. The molecule has 1 N–H and O–H groups in total. The third-order valence-electron chi connectivity index (χ3n) is 5.23. The Hall–Kier alpha value is -3.45. The van der Waals surface area contributed by atoms with E-state index in [9.17, 15) is 4.79 Å². The summed E-state index contributed by atoms with van der Waals surface area (Å²) in [6.07, 6.45) is 4.52. The van der Waals surface area contributed by atoms with Crippen LogP contribution in [0.25, 0.3) is 22.3 Å². The highest BCUT2D eigenvalue weighted by molar-refractivity contribution is 7.71. The Labute approximate surface area is 191 Å². The van der Waals surface area contributed by atoms with Crippen molar-refractivity contribution in [2.24, 2.45) is 0 Å². The molecule has 0 saturated heterocycles. The maximum atomic E-state index is 12.9. The van der Waals surface area contributed by atoms with E-state index in [1.807, 2.05) is 62.5 Å². The van der Waals surface area contributed by atoms with Crippen LogP contribution in [0, 0.1) is 11.4 Å². The second-order valence-corrected chi connectivity index (χ2v) is 7.83. The number of hydrogen-bond donors (Lipinski definition) is 1. The Morgan fingerprint density at radius 2 is 2.03 bits per heavy atom. The summed E-state index contributed by atoms with van der Waals surface area (Å²) in [5.41, 5.74) is 1.83.